The van der Waals surface area contributed by atoms with E-state index in [4.69, 9.17) is 14.7 Å². The summed E-state index contributed by atoms with van der Waals surface area (Å²) < 4.78 is 9.61. The summed E-state index contributed by atoms with van der Waals surface area (Å²) in [6.45, 7) is 18.3. The molecule has 0 bridgehead atoms. The van der Waals surface area contributed by atoms with E-state index >= 15 is 0 Å². The first-order valence-corrected chi connectivity index (χ1v) is 17.2. The molecule has 1 saturated heterocycles. The molecule has 1 aliphatic rings. The SMILES string of the molecule is Cc1cccc(C)c1-c1cc(OCC(CC(C)(C)C)NCc2ncc(N3CCC(C)(C)C3)cn2)nc(NSc2cccc(C(=O)O)c2)n1. The Morgan fingerprint density at radius 3 is 2.42 bits per heavy atom. The van der Waals surface area contributed by atoms with Crippen LogP contribution in [0.2, 0.25) is 0 Å². The van der Waals surface area contributed by atoms with Gasteiger partial charge >= 0.3 is 5.97 Å². The quantitative estimate of drug-likeness (QED) is 0.122. The highest BCUT2D eigenvalue weighted by Gasteiger charge is 2.29. The molecule has 3 heterocycles. The topological polar surface area (TPSA) is 125 Å². The summed E-state index contributed by atoms with van der Waals surface area (Å²) in [4.78, 5) is 33.4. The van der Waals surface area contributed by atoms with Crippen molar-refractivity contribution in [2.24, 2.45) is 10.8 Å². The van der Waals surface area contributed by atoms with Crippen LogP contribution in [0.1, 0.15) is 74.8 Å². The van der Waals surface area contributed by atoms with Gasteiger partial charge in [-0.1, -0.05) is 58.9 Å². The molecule has 48 heavy (non-hydrogen) atoms. The Morgan fingerprint density at radius 2 is 1.77 bits per heavy atom. The average Bonchev–Trinajstić information content (AvgIpc) is 3.40. The molecule has 3 N–H and O–H groups in total. The molecule has 10 nitrogen and oxygen atoms in total. The molecule has 2 aromatic carbocycles. The summed E-state index contributed by atoms with van der Waals surface area (Å²) in [6.07, 6.45) is 5.89. The Kier molecular flexibility index (Phi) is 10.9. The molecule has 0 spiro atoms. The van der Waals surface area contributed by atoms with Crippen molar-refractivity contribution in [1.82, 2.24) is 25.3 Å². The predicted molar refractivity (Wildman–Crippen MR) is 193 cm³/mol. The van der Waals surface area contributed by atoms with Crippen molar-refractivity contribution in [3.8, 4) is 17.1 Å². The Bertz CT molecular complexity index is 1700. The zero-order valence-electron chi connectivity index (χ0n) is 29.0. The number of nitrogens with zero attached hydrogens (tertiary/aromatic N) is 5. The first-order chi connectivity index (χ1) is 22.7. The van der Waals surface area contributed by atoms with Crippen LogP contribution in [0, 0.1) is 24.7 Å². The van der Waals surface area contributed by atoms with Crippen LogP contribution in [0.25, 0.3) is 11.3 Å². The summed E-state index contributed by atoms with van der Waals surface area (Å²) in [5.74, 6) is 0.575. The average molecular weight is 670 g/mol. The second-order valence-electron chi connectivity index (χ2n) is 14.6. The normalized spacial score (nSPS) is 14.9. The molecule has 254 valence electrons. The summed E-state index contributed by atoms with van der Waals surface area (Å²) in [5.41, 5.74) is 5.61. The van der Waals surface area contributed by atoms with Gasteiger partial charge in [-0.3, -0.25) is 4.72 Å². The van der Waals surface area contributed by atoms with E-state index in [0.717, 1.165) is 58.3 Å². The lowest BCUT2D eigenvalue weighted by atomic mass is 9.88. The Hall–Kier alpha value is -4.22. The minimum atomic E-state index is -0.977. The van der Waals surface area contributed by atoms with Crippen LogP contribution in [0.15, 0.2) is 65.8 Å². The number of hydrogen-bond acceptors (Lipinski definition) is 10. The number of carbonyl (C=O) groups is 1. The molecule has 0 saturated carbocycles. The molecule has 2 aromatic heterocycles. The van der Waals surface area contributed by atoms with Gasteiger partial charge in [-0.2, -0.15) is 4.98 Å². The maximum absolute atomic E-state index is 11.5. The fraction of sp³-hybridized carbons (Fsp3) is 0.432. The van der Waals surface area contributed by atoms with Crippen molar-refractivity contribution in [2.45, 2.75) is 78.8 Å². The third-order valence-corrected chi connectivity index (χ3v) is 9.13. The van der Waals surface area contributed by atoms with E-state index in [1.807, 2.05) is 30.6 Å². The van der Waals surface area contributed by atoms with Gasteiger partial charge < -0.3 is 20.1 Å². The minimum Gasteiger partial charge on any atom is -0.478 e. The smallest absolute Gasteiger partial charge is 0.335 e. The second kappa shape index (κ2) is 14.9. The highest BCUT2D eigenvalue weighted by Crippen LogP contribution is 2.33. The van der Waals surface area contributed by atoms with Crippen LogP contribution in [-0.2, 0) is 6.54 Å². The number of nitrogens with one attached hydrogen (secondary N) is 2. The summed E-state index contributed by atoms with van der Waals surface area (Å²) >= 11 is 1.25. The van der Waals surface area contributed by atoms with E-state index in [9.17, 15) is 9.90 Å². The molecule has 1 atom stereocenters. The lowest BCUT2D eigenvalue weighted by Gasteiger charge is -2.27. The van der Waals surface area contributed by atoms with Gasteiger partial charge in [0.1, 0.15) is 12.4 Å². The molecule has 1 unspecified atom stereocenters. The van der Waals surface area contributed by atoms with Crippen molar-refractivity contribution in [1.29, 1.82) is 0 Å². The summed E-state index contributed by atoms with van der Waals surface area (Å²) in [6, 6.07) is 14.8. The monoisotopic (exact) mass is 669 g/mol. The van der Waals surface area contributed by atoms with Crippen LogP contribution < -0.4 is 19.7 Å². The van der Waals surface area contributed by atoms with Crippen LogP contribution >= 0.6 is 11.9 Å². The zero-order valence-corrected chi connectivity index (χ0v) is 29.8. The number of aromatic nitrogens is 4. The first-order valence-electron chi connectivity index (χ1n) is 16.4. The van der Waals surface area contributed by atoms with Crippen LogP contribution in [0.4, 0.5) is 11.6 Å². The Balaban J connectivity index is 1.32. The summed E-state index contributed by atoms with van der Waals surface area (Å²) in [5, 5.41) is 13.0. The number of carboxylic acids is 1. The van der Waals surface area contributed by atoms with Gasteiger partial charge in [-0.15, -0.1) is 0 Å². The fourth-order valence-corrected chi connectivity index (χ4v) is 6.61. The molecular weight excluding hydrogens is 623 g/mol. The molecule has 5 rings (SSSR count). The van der Waals surface area contributed by atoms with E-state index in [1.54, 1.807) is 18.2 Å². The van der Waals surface area contributed by atoms with Gasteiger partial charge in [0.15, 0.2) is 0 Å². The van der Waals surface area contributed by atoms with Gasteiger partial charge in [-0.25, -0.2) is 19.7 Å². The van der Waals surface area contributed by atoms with Crippen molar-refractivity contribution < 1.29 is 14.6 Å². The van der Waals surface area contributed by atoms with E-state index in [2.05, 4.69) is 85.5 Å². The van der Waals surface area contributed by atoms with E-state index in [-0.39, 0.29) is 17.0 Å². The maximum atomic E-state index is 11.5. The van der Waals surface area contributed by atoms with E-state index in [0.29, 0.717) is 30.4 Å². The number of ether oxygens (including phenoxy) is 1. The first kappa shape index (κ1) is 35.1. The number of hydrogen-bond donors (Lipinski definition) is 3. The highest BCUT2D eigenvalue weighted by molar-refractivity contribution is 8.00. The van der Waals surface area contributed by atoms with Crippen molar-refractivity contribution >= 4 is 29.6 Å². The zero-order chi connectivity index (χ0) is 34.5. The van der Waals surface area contributed by atoms with E-state index < -0.39 is 5.97 Å². The van der Waals surface area contributed by atoms with Crippen molar-refractivity contribution in [3.05, 3.63) is 83.4 Å². The number of carboxylic acid groups (broad SMARTS) is 1. The summed E-state index contributed by atoms with van der Waals surface area (Å²) in [7, 11) is 0. The lowest BCUT2D eigenvalue weighted by Crippen LogP contribution is -2.38. The molecule has 1 fully saturated rings. The fourth-order valence-electron chi connectivity index (χ4n) is 5.97. The molecular formula is C37H47N7O3S. The number of rotatable bonds is 13. The largest absolute Gasteiger partial charge is 0.478 e. The maximum Gasteiger partial charge on any atom is 0.335 e. The Labute approximate surface area is 288 Å². The van der Waals surface area contributed by atoms with Gasteiger partial charge in [0, 0.05) is 35.7 Å². The van der Waals surface area contributed by atoms with Gasteiger partial charge in [0.05, 0.1) is 35.9 Å². The van der Waals surface area contributed by atoms with Crippen molar-refractivity contribution in [2.75, 3.05) is 29.3 Å². The lowest BCUT2D eigenvalue weighted by molar-refractivity contribution is 0.0696. The molecule has 1 aliphatic heterocycles. The van der Waals surface area contributed by atoms with Crippen molar-refractivity contribution in [3.63, 3.8) is 0 Å². The number of aromatic carboxylic acids is 1. The van der Waals surface area contributed by atoms with Crippen LogP contribution in [0.3, 0.4) is 0 Å². The molecule has 0 amide bonds. The number of benzene rings is 2. The molecule has 0 aliphatic carbocycles. The third kappa shape index (κ3) is 9.67. The van der Waals surface area contributed by atoms with Gasteiger partial charge in [0.25, 0.3) is 0 Å². The minimum absolute atomic E-state index is 0.0100. The molecule has 0 radical (unpaired) electrons. The Morgan fingerprint density at radius 1 is 1.06 bits per heavy atom. The highest BCUT2D eigenvalue weighted by atomic mass is 32.2. The number of aryl methyl sites for hydroxylation is 2. The van der Waals surface area contributed by atoms with Crippen LogP contribution in [-0.4, -0.2) is 56.7 Å². The molecule has 11 heteroatoms. The molecule has 4 aromatic rings. The number of anilines is 2. The van der Waals surface area contributed by atoms with E-state index in [1.165, 1.54) is 18.4 Å². The second-order valence-corrected chi connectivity index (χ2v) is 15.4. The third-order valence-electron chi connectivity index (χ3n) is 8.36. The predicted octanol–water partition coefficient (Wildman–Crippen LogP) is 7.58. The van der Waals surface area contributed by atoms with Crippen LogP contribution in [0.5, 0.6) is 5.88 Å². The standard InChI is InChI=1S/C37H47N7O3S/c1-24-10-8-11-25(2)33(24)30-17-32(42-35(41-30)43-48-29-13-9-12-26(16-29)34(45)46)47-22-27(18-36(3,4)5)38-21-31-39-19-28(20-40-31)44-15-14-37(6,7)23-44/h8-13,16-17,19-20,27,38H,14-15,18,21-23H2,1-7H3,(H,45,46)(H,41,42,43). The van der Waals surface area contributed by atoms with Gasteiger partial charge in [-0.05, 0) is 78.8 Å². The van der Waals surface area contributed by atoms with Gasteiger partial charge in [0.2, 0.25) is 11.8 Å².